The molecule has 1 N–H and O–H groups in total. The molecule has 0 saturated carbocycles. The van der Waals surface area contributed by atoms with Crippen LogP contribution in [0.4, 0.5) is 24.5 Å². The lowest BCUT2D eigenvalue weighted by molar-refractivity contribution is -0.137. The van der Waals surface area contributed by atoms with Gasteiger partial charge >= 0.3 is 6.18 Å². The van der Waals surface area contributed by atoms with Crippen molar-refractivity contribution in [2.45, 2.75) is 13.1 Å². The largest absolute Gasteiger partial charge is 0.417 e. The summed E-state index contributed by atoms with van der Waals surface area (Å²) in [6.07, 6.45) is -4.55. The second kappa shape index (κ2) is 5.66. The number of anilines is 2. The van der Waals surface area contributed by atoms with Crippen LogP contribution in [0, 0.1) is 18.3 Å². The molecule has 0 aliphatic carbocycles. The van der Waals surface area contributed by atoms with E-state index in [1.165, 1.54) is 6.07 Å². The van der Waals surface area contributed by atoms with Crippen LogP contribution in [0.1, 0.15) is 16.7 Å². The molecule has 6 heteroatoms. The lowest BCUT2D eigenvalue weighted by Gasteiger charge is -2.12. The van der Waals surface area contributed by atoms with Crippen molar-refractivity contribution in [2.24, 2.45) is 0 Å². The summed E-state index contributed by atoms with van der Waals surface area (Å²) in [5.41, 5.74) is 0.508. The minimum absolute atomic E-state index is 0.366. The van der Waals surface area contributed by atoms with Crippen molar-refractivity contribution in [1.29, 1.82) is 5.26 Å². The van der Waals surface area contributed by atoms with Crippen LogP contribution in [0.2, 0.25) is 5.02 Å². The quantitative estimate of drug-likeness (QED) is 0.819. The van der Waals surface area contributed by atoms with Gasteiger partial charge in [-0.2, -0.15) is 18.4 Å². The Hall–Kier alpha value is -2.19. The van der Waals surface area contributed by atoms with E-state index < -0.39 is 17.3 Å². The molecule has 0 unspecified atom stereocenters. The predicted molar refractivity (Wildman–Crippen MR) is 75.6 cm³/mol. The average molecular weight is 311 g/mol. The Morgan fingerprint density at radius 2 is 1.86 bits per heavy atom. The van der Waals surface area contributed by atoms with Crippen molar-refractivity contribution in [3.63, 3.8) is 0 Å². The van der Waals surface area contributed by atoms with Gasteiger partial charge in [-0.05, 0) is 42.8 Å². The van der Waals surface area contributed by atoms with Crippen LogP contribution in [0.3, 0.4) is 0 Å². The number of nitrogens with one attached hydrogen (secondary N) is 1. The second-order valence-electron chi connectivity index (χ2n) is 4.48. The van der Waals surface area contributed by atoms with Gasteiger partial charge in [0.05, 0.1) is 27.9 Å². The Morgan fingerprint density at radius 3 is 2.43 bits per heavy atom. The van der Waals surface area contributed by atoms with Gasteiger partial charge in [-0.15, -0.1) is 0 Å². The number of nitriles is 1. The van der Waals surface area contributed by atoms with Gasteiger partial charge < -0.3 is 5.32 Å². The van der Waals surface area contributed by atoms with Gasteiger partial charge in [0.1, 0.15) is 0 Å². The second-order valence-corrected chi connectivity index (χ2v) is 4.89. The fourth-order valence-corrected chi connectivity index (χ4v) is 2.12. The molecule has 21 heavy (non-hydrogen) atoms. The standard InChI is InChI=1S/C15H10ClF3N2/c1-9-2-5-14(13(16)6-9)21-11-3-4-12(15(17,18)19)10(7-11)8-20/h2-7,21H,1H3. The van der Waals surface area contributed by atoms with Crippen molar-refractivity contribution >= 4 is 23.0 Å². The van der Waals surface area contributed by atoms with Crippen LogP contribution in [0.15, 0.2) is 36.4 Å². The molecular weight excluding hydrogens is 301 g/mol. The Labute approximate surface area is 124 Å². The summed E-state index contributed by atoms with van der Waals surface area (Å²) in [5, 5.41) is 12.2. The van der Waals surface area contributed by atoms with Crippen molar-refractivity contribution in [2.75, 3.05) is 5.32 Å². The van der Waals surface area contributed by atoms with Crippen LogP contribution < -0.4 is 5.32 Å². The van der Waals surface area contributed by atoms with Gasteiger partial charge in [0, 0.05) is 5.69 Å². The minimum atomic E-state index is -4.55. The molecular formula is C15H10ClF3N2. The number of benzene rings is 2. The molecule has 0 fully saturated rings. The molecule has 0 aromatic heterocycles. The lowest BCUT2D eigenvalue weighted by Crippen LogP contribution is -2.08. The molecule has 2 nitrogen and oxygen atoms in total. The molecule has 0 aliphatic heterocycles. The third-order valence-electron chi connectivity index (χ3n) is 2.85. The Bertz CT molecular complexity index is 718. The summed E-state index contributed by atoms with van der Waals surface area (Å²) in [6.45, 7) is 1.88. The van der Waals surface area contributed by atoms with E-state index in [-0.39, 0.29) is 0 Å². The van der Waals surface area contributed by atoms with Crippen molar-refractivity contribution in [3.05, 3.63) is 58.1 Å². The monoisotopic (exact) mass is 310 g/mol. The number of aryl methyl sites for hydroxylation is 1. The number of nitrogens with zero attached hydrogens (tertiary/aromatic N) is 1. The molecule has 0 saturated heterocycles. The molecule has 0 radical (unpaired) electrons. The first-order valence-corrected chi connectivity index (χ1v) is 6.33. The maximum Gasteiger partial charge on any atom is 0.417 e. The topological polar surface area (TPSA) is 35.8 Å². The third kappa shape index (κ3) is 3.47. The van der Waals surface area contributed by atoms with E-state index >= 15 is 0 Å². The summed E-state index contributed by atoms with van der Waals surface area (Å²) >= 11 is 6.05. The molecule has 2 rings (SSSR count). The maximum absolute atomic E-state index is 12.7. The number of hydrogen-bond acceptors (Lipinski definition) is 2. The summed E-state index contributed by atoms with van der Waals surface area (Å²) in [7, 11) is 0. The first-order valence-electron chi connectivity index (χ1n) is 5.96. The molecule has 0 bridgehead atoms. The third-order valence-corrected chi connectivity index (χ3v) is 3.16. The molecule has 108 valence electrons. The summed E-state index contributed by atoms with van der Waals surface area (Å²) in [5.74, 6) is 0. The minimum Gasteiger partial charge on any atom is -0.354 e. The summed E-state index contributed by atoms with van der Waals surface area (Å²) in [4.78, 5) is 0. The molecule has 0 spiro atoms. The molecule has 0 atom stereocenters. The van der Waals surface area contributed by atoms with E-state index in [2.05, 4.69) is 5.32 Å². The fourth-order valence-electron chi connectivity index (χ4n) is 1.84. The summed E-state index contributed by atoms with van der Waals surface area (Å²) in [6, 6.07) is 10.1. The number of alkyl halides is 3. The van der Waals surface area contributed by atoms with Crippen LogP contribution in [0.5, 0.6) is 0 Å². The number of hydrogen-bond donors (Lipinski definition) is 1. The normalized spacial score (nSPS) is 11.0. The SMILES string of the molecule is Cc1ccc(Nc2ccc(C(F)(F)F)c(C#N)c2)c(Cl)c1. The van der Waals surface area contributed by atoms with Gasteiger partial charge in [-0.25, -0.2) is 0 Å². The Balaban J connectivity index is 2.36. The van der Waals surface area contributed by atoms with Crippen molar-refractivity contribution in [1.82, 2.24) is 0 Å². The van der Waals surface area contributed by atoms with Crippen LogP contribution >= 0.6 is 11.6 Å². The highest BCUT2D eigenvalue weighted by molar-refractivity contribution is 6.33. The number of rotatable bonds is 2. The molecule has 0 heterocycles. The first kappa shape index (κ1) is 15.2. The highest BCUT2D eigenvalue weighted by atomic mass is 35.5. The van der Waals surface area contributed by atoms with Gasteiger partial charge in [-0.3, -0.25) is 0 Å². The van der Waals surface area contributed by atoms with E-state index in [0.717, 1.165) is 17.7 Å². The van der Waals surface area contributed by atoms with Crippen molar-refractivity contribution < 1.29 is 13.2 Å². The van der Waals surface area contributed by atoms with Crippen LogP contribution in [-0.2, 0) is 6.18 Å². The maximum atomic E-state index is 12.7. The number of halogens is 4. The first-order chi connectivity index (χ1) is 9.81. The van der Waals surface area contributed by atoms with Gasteiger partial charge in [0.25, 0.3) is 0 Å². The molecule has 2 aromatic carbocycles. The predicted octanol–water partition coefficient (Wildman–Crippen LogP) is 5.28. The van der Waals surface area contributed by atoms with Gasteiger partial charge in [-0.1, -0.05) is 17.7 Å². The lowest BCUT2D eigenvalue weighted by atomic mass is 10.1. The van der Waals surface area contributed by atoms with Gasteiger partial charge in [0.15, 0.2) is 0 Å². The Morgan fingerprint density at radius 1 is 1.14 bits per heavy atom. The highest BCUT2D eigenvalue weighted by Crippen LogP contribution is 2.34. The Kier molecular flexibility index (Phi) is 4.10. The zero-order valence-corrected chi connectivity index (χ0v) is 11.7. The highest BCUT2D eigenvalue weighted by Gasteiger charge is 2.33. The van der Waals surface area contributed by atoms with Crippen LogP contribution in [0.25, 0.3) is 0 Å². The van der Waals surface area contributed by atoms with E-state index in [1.54, 1.807) is 18.2 Å². The zero-order chi connectivity index (χ0) is 15.6. The van der Waals surface area contributed by atoms with Gasteiger partial charge in [0.2, 0.25) is 0 Å². The van der Waals surface area contributed by atoms with E-state index in [4.69, 9.17) is 16.9 Å². The van der Waals surface area contributed by atoms with Crippen molar-refractivity contribution in [3.8, 4) is 6.07 Å². The zero-order valence-electron chi connectivity index (χ0n) is 10.9. The molecule has 2 aromatic rings. The molecule has 0 aliphatic rings. The van der Waals surface area contributed by atoms with E-state index in [0.29, 0.717) is 16.4 Å². The molecule has 0 amide bonds. The van der Waals surface area contributed by atoms with Crippen LogP contribution in [-0.4, -0.2) is 0 Å². The summed E-state index contributed by atoms with van der Waals surface area (Å²) < 4.78 is 38.1. The fraction of sp³-hybridized carbons (Fsp3) is 0.133. The smallest absolute Gasteiger partial charge is 0.354 e. The average Bonchev–Trinajstić information content (AvgIpc) is 2.40. The van der Waals surface area contributed by atoms with E-state index in [1.807, 2.05) is 13.0 Å². The van der Waals surface area contributed by atoms with E-state index in [9.17, 15) is 13.2 Å².